The average Bonchev–Trinajstić information content (AvgIpc) is 3.21. The molecule has 118 valence electrons. The van der Waals surface area contributed by atoms with Crippen molar-refractivity contribution in [1.82, 2.24) is 9.13 Å². The van der Waals surface area contributed by atoms with Gasteiger partial charge in [0.15, 0.2) is 0 Å². The number of benzene rings is 1. The summed E-state index contributed by atoms with van der Waals surface area (Å²) in [4.78, 5) is 12.6. The predicted octanol–water partition coefficient (Wildman–Crippen LogP) is 4.05. The van der Waals surface area contributed by atoms with E-state index < -0.39 is 0 Å². The summed E-state index contributed by atoms with van der Waals surface area (Å²) in [6, 6.07) is 12.8. The summed E-state index contributed by atoms with van der Waals surface area (Å²) < 4.78 is 3.70. The van der Waals surface area contributed by atoms with Crippen molar-refractivity contribution in [1.29, 1.82) is 0 Å². The zero-order valence-electron chi connectivity index (χ0n) is 13.5. The SMILES string of the molecule is Cn1ccc2ccn(Cc3ccc(C4CCCC4)cc3)c(=O)c21. The van der Waals surface area contributed by atoms with E-state index in [2.05, 4.69) is 24.3 Å². The van der Waals surface area contributed by atoms with Gasteiger partial charge in [0, 0.05) is 24.8 Å². The minimum atomic E-state index is 0.0786. The topological polar surface area (TPSA) is 26.9 Å². The van der Waals surface area contributed by atoms with Gasteiger partial charge in [-0.15, -0.1) is 0 Å². The summed E-state index contributed by atoms with van der Waals surface area (Å²) in [6.45, 7) is 0.630. The zero-order valence-corrected chi connectivity index (χ0v) is 13.5. The summed E-state index contributed by atoms with van der Waals surface area (Å²) in [6.07, 6.45) is 9.20. The van der Waals surface area contributed by atoms with E-state index >= 15 is 0 Å². The second kappa shape index (κ2) is 5.73. The van der Waals surface area contributed by atoms with Gasteiger partial charge in [0.05, 0.1) is 6.54 Å². The fraction of sp³-hybridized carbons (Fsp3) is 0.350. The van der Waals surface area contributed by atoms with Crippen molar-refractivity contribution < 1.29 is 0 Å². The maximum absolute atomic E-state index is 12.6. The van der Waals surface area contributed by atoms with Crippen molar-refractivity contribution in [2.24, 2.45) is 7.05 Å². The Balaban J connectivity index is 1.61. The van der Waals surface area contributed by atoms with Gasteiger partial charge in [-0.25, -0.2) is 0 Å². The van der Waals surface area contributed by atoms with E-state index in [-0.39, 0.29) is 5.56 Å². The van der Waals surface area contributed by atoms with Crippen LogP contribution in [0.15, 0.2) is 53.6 Å². The molecule has 23 heavy (non-hydrogen) atoms. The van der Waals surface area contributed by atoms with Crippen molar-refractivity contribution in [3.8, 4) is 0 Å². The molecular weight excluding hydrogens is 284 g/mol. The van der Waals surface area contributed by atoms with E-state index in [1.54, 1.807) is 4.57 Å². The number of hydrogen-bond acceptors (Lipinski definition) is 1. The van der Waals surface area contributed by atoms with Crippen LogP contribution in [0.4, 0.5) is 0 Å². The van der Waals surface area contributed by atoms with Crippen LogP contribution in [-0.2, 0) is 13.6 Å². The Morgan fingerprint density at radius 2 is 1.70 bits per heavy atom. The van der Waals surface area contributed by atoms with Crippen LogP contribution in [0.1, 0.15) is 42.7 Å². The zero-order chi connectivity index (χ0) is 15.8. The van der Waals surface area contributed by atoms with Crippen molar-refractivity contribution in [2.75, 3.05) is 0 Å². The lowest BCUT2D eigenvalue weighted by molar-refractivity contribution is 0.720. The van der Waals surface area contributed by atoms with Crippen molar-refractivity contribution in [3.63, 3.8) is 0 Å². The Kier molecular flexibility index (Phi) is 3.56. The lowest BCUT2D eigenvalue weighted by Gasteiger charge is -2.11. The van der Waals surface area contributed by atoms with Crippen LogP contribution in [0, 0.1) is 0 Å². The highest BCUT2D eigenvalue weighted by atomic mass is 16.1. The third-order valence-corrected chi connectivity index (χ3v) is 5.16. The molecule has 0 atom stereocenters. The minimum absolute atomic E-state index is 0.0786. The molecule has 2 heterocycles. The first-order chi connectivity index (χ1) is 11.2. The lowest BCUT2D eigenvalue weighted by atomic mass is 9.97. The van der Waals surface area contributed by atoms with Gasteiger partial charge in [-0.1, -0.05) is 37.1 Å². The summed E-state index contributed by atoms with van der Waals surface area (Å²) in [5.41, 5.74) is 3.49. The maximum Gasteiger partial charge on any atom is 0.275 e. The standard InChI is InChI=1S/C20H22N2O/c1-21-12-10-18-11-13-22(20(23)19(18)21)14-15-6-8-17(9-7-15)16-4-2-3-5-16/h6-13,16H,2-5,14H2,1H3. The van der Waals surface area contributed by atoms with Gasteiger partial charge in [0.2, 0.25) is 0 Å². The van der Waals surface area contributed by atoms with E-state index in [1.165, 1.54) is 36.8 Å². The maximum atomic E-state index is 12.6. The molecule has 3 nitrogen and oxygen atoms in total. The van der Waals surface area contributed by atoms with Crippen molar-refractivity contribution >= 4 is 10.9 Å². The third kappa shape index (κ3) is 2.61. The molecule has 2 aromatic heterocycles. The molecule has 1 aliphatic carbocycles. The first kappa shape index (κ1) is 14.3. The molecule has 0 saturated heterocycles. The monoisotopic (exact) mass is 306 g/mol. The lowest BCUT2D eigenvalue weighted by Crippen LogP contribution is -2.21. The van der Waals surface area contributed by atoms with Gasteiger partial charge in [-0.2, -0.15) is 0 Å². The normalized spacial score (nSPS) is 15.5. The Bertz CT molecular complexity index is 880. The van der Waals surface area contributed by atoms with E-state index in [1.807, 2.05) is 36.1 Å². The Labute approximate surface area is 136 Å². The summed E-state index contributed by atoms with van der Waals surface area (Å²) in [5.74, 6) is 0.742. The van der Waals surface area contributed by atoms with Crippen molar-refractivity contribution in [3.05, 3.63) is 70.3 Å². The number of pyridine rings is 1. The van der Waals surface area contributed by atoms with Gasteiger partial charge in [-0.3, -0.25) is 4.79 Å². The van der Waals surface area contributed by atoms with Crippen LogP contribution >= 0.6 is 0 Å². The van der Waals surface area contributed by atoms with Crippen LogP contribution in [0.25, 0.3) is 10.9 Å². The Morgan fingerprint density at radius 1 is 1.00 bits per heavy atom. The highest BCUT2D eigenvalue weighted by Gasteiger charge is 2.16. The molecule has 0 unspecified atom stereocenters. The number of fused-ring (bicyclic) bond motifs is 1. The molecule has 3 aromatic rings. The smallest absolute Gasteiger partial charge is 0.275 e. The van der Waals surface area contributed by atoms with E-state index in [0.29, 0.717) is 6.54 Å². The second-order valence-corrected chi connectivity index (χ2v) is 6.70. The predicted molar refractivity (Wildman–Crippen MR) is 93.9 cm³/mol. The van der Waals surface area contributed by atoms with Crippen LogP contribution in [0.2, 0.25) is 0 Å². The molecule has 0 N–H and O–H groups in total. The molecule has 3 heteroatoms. The quantitative estimate of drug-likeness (QED) is 0.717. The fourth-order valence-electron chi connectivity index (χ4n) is 3.81. The molecule has 0 aliphatic heterocycles. The second-order valence-electron chi connectivity index (χ2n) is 6.70. The van der Waals surface area contributed by atoms with Crippen LogP contribution < -0.4 is 5.56 Å². The first-order valence-electron chi connectivity index (χ1n) is 8.46. The Hall–Kier alpha value is -2.29. The van der Waals surface area contributed by atoms with Crippen LogP contribution in [-0.4, -0.2) is 9.13 Å². The van der Waals surface area contributed by atoms with Gasteiger partial charge in [0.25, 0.3) is 5.56 Å². The highest BCUT2D eigenvalue weighted by molar-refractivity contribution is 5.78. The highest BCUT2D eigenvalue weighted by Crippen LogP contribution is 2.33. The first-order valence-corrected chi connectivity index (χ1v) is 8.46. The van der Waals surface area contributed by atoms with E-state index in [9.17, 15) is 4.79 Å². The van der Waals surface area contributed by atoms with E-state index in [0.717, 1.165) is 16.8 Å². The molecule has 4 rings (SSSR count). The number of nitrogens with zero attached hydrogens (tertiary/aromatic N) is 2. The molecule has 1 saturated carbocycles. The minimum Gasteiger partial charge on any atom is -0.346 e. The molecule has 1 aromatic carbocycles. The Morgan fingerprint density at radius 3 is 2.43 bits per heavy atom. The van der Waals surface area contributed by atoms with Crippen molar-refractivity contribution in [2.45, 2.75) is 38.1 Å². The van der Waals surface area contributed by atoms with Gasteiger partial charge < -0.3 is 9.13 Å². The molecule has 0 bridgehead atoms. The number of aryl methyl sites for hydroxylation is 1. The molecule has 1 fully saturated rings. The molecule has 0 radical (unpaired) electrons. The molecule has 1 aliphatic rings. The van der Waals surface area contributed by atoms with Crippen LogP contribution in [0.5, 0.6) is 0 Å². The summed E-state index contributed by atoms with van der Waals surface area (Å²) >= 11 is 0. The van der Waals surface area contributed by atoms with E-state index in [4.69, 9.17) is 0 Å². The van der Waals surface area contributed by atoms with Gasteiger partial charge in [-0.05, 0) is 42.0 Å². The molecule has 0 amide bonds. The number of rotatable bonds is 3. The third-order valence-electron chi connectivity index (χ3n) is 5.16. The fourth-order valence-corrected chi connectivity index (χ4v) is 3.81. The van der Waals surface area contributed by atoms with Gasteiger partial charge in [0.1, 0.15) is 5.52 Å². The van der Waals surface area contributed by atoms with Gasteiger partial charge >= 0.3 is 0 Å². The summed E-state index contributed by atoms with van der Waals surface area (Å²) in [5, 5.41) is 1.00. The summed E-state index contributed by atoms with van der Waals surface area (Å²) in [7, 11) is 1.92. The number of aromatic nitrogens is 2. The molecule has 0 spiro atoms. The average molecular weight is 306 g/mol. The number of hydrogen-bond donors (Lipinski definition) is 0. The van der Waals surface area contributed by atoms with Crippen LogP contribution in [0.3, 0.4) is 0 Å². The largest absolute Gasteiger partial charge is 0.346 e. The molecular formula is C20H22N2O.